The van der Waals surface area contributed by atoms with Gasteiger partial charge >= 0.3 is 0 Å². The fourth-order valence-corrected chi connectivity index (χ4v) is 1.61. The second-order valence-electron chi connectivity index (χ2n) is 3.08. The molecule has 0 radical (unpaired) electrons. The fourth-order valence-electron chi connectivity index (χ4n) is 1.61. The molecule has 3 atom stereocenters. The lowest BCUT2D eigenvalue weighted by molar-refractivity contribution is 0.0358. The van der Waals surface area contributed by atoms with Crippen molar-refractivity contribution in [2.45, 2.75) is 45.3 Å². The molecule has 2 nitrogen and oxygen atoms in total. The van der Waals surface area contributed by atoms with Gasteiger partial charge in [0.05, 0.1) is 24.2 Å². The van der Waals surface area contributed by atoms with Gasteiger partial charge in [0.2, 0.25) is 0 Å². The van der Waals surface area contributed by atoms with Crippen molar-refractivity contribution in [3.8, 4) is 6.07 Å². The van der Waals surface area contributed by atoms with Gasteiger partial charge in [-0.1, -0.05) is 13.8 Å². The van der Waals surface area contributed by atoms with Crippen LogP contribution in [0, 0.1) is 17.2 Å². The van der Waals surface area contributed by atoms with E-state index >= 15 is 0 Å². The number of hydrogen-bond acceptors (Lipinski definition) is 2. The number of ether oxygens (including phenoxy) is 1. The van der Waals surface area contributed by atoms with Crippen LogP contribution in [0.25, 0.3) is 0 Å². The fraction of sp³-hybridized carbons (Fsp3) is 0.889. The number of nitriles is 1. The summed E-state index contributed by atoms with van der Waals surface area (Å²) in [5.41, 5.74) is 0. The quantitative estimate of drug-likeness (QED) is 0.608. The van der Waals surface area contributed by atoms with Crippen molar-refractivity contribution in [3.63, 3.8) is 0 Å². The van der Waals surface area contributed by atoms with Gasteiger partial charge in [-0.15, -0.1) is 0 Å². The molecule has 1 fully saturated rings. The van der Waals surface area contributed by atoms with Crippen LogP contribution in [-0.4, -0.2) is 12.2 Å². The highest BCUT2D eigenvalue weighted by molar-refractivity contribution is 4.94. The van der Waals surface area contributed by atoms with E-state index in [0.29, 0.717) is 6.10 Å². The molecule has 0 aliphatic carbocycles. The maximum atomic E-state index is 8.75. The van der Waals surface area contributed by atoms with Crippen LogP contribution in [0.5, 0.6) is 0 Å². The zero-order valence-corrected chi connectivity index (χ0v) is 7.21. The molecule has 0 aromatic heterocycles. The Morgan fingerprint density at radius 1 is 1.45 bits per heavy atom. The molecule has 0 bridgehead atoms. The van der Waals surface area contributed by atoms with Crippen LogP contribution >= 0.6 is 0 Å². The first-order valence-electron chi connectivity index (χ1n) is 4.36. The second kappa shape index (κ2) is 3.73. The molecule has 0 amide bonds. The Hall–Kier alpha value is -0.550. The lowest BCUT2D eigenvalue weighted by Gasteiger charge is -2.10. The van der Waals surface area contributed by atoms with Crippen molar-refractivity contribution in [2.75, 3.05) is 0 Å². The van der Waals surface area contributed by atoms with E-state index in [1.54, 1.807) is 0 Å². The molecule has 1 aliphatic rings. The van der Waals surface area contributed by atoms with E-state index in [0.717, 1.165) is 19.3 Å². The number of nitrogens with zero attached hydrogens (tertiary/aromatic N) is 1. The molecule has 62 valence electrons. The normalized spacial score (nSPS) is 37.0. The predicted molar refractivity (Wildman–Crippen MR) is 43.0 cm³/mol. The van der Waals surface area contributed by atoms with Crippen LogP contribution in [-0.2, 0) is 4.74 Å². The van der Waals surface area contributed by atoms with Crippen molar-refractivity contribution >= 4 is 0 Å². The first kappa shape index (κ1) is 8.55. The molecular weight excluding hydrogens is 138 g/mol. The van der Waals surface area contributed by atoms with Gasteiger partial charge in [-0.25, -0.2) is 0 Å². The minimum absolute atomic E-state index is 0.143. The molecule has 0 spiro atoms. The first-order chi connectivity index (χ1) is 5.31. The highest BCUT2D eigenvalue weighted by Gasteiger charge is 2.32. The predicted octanol–water partition coefficient (Wildman–Crippen LogP) is 2.10. The zero-order valence-electron chi connectivity index (χ0n) is 7.21. The Morgan fingerprint density at radius 3 is 2.55 bits per heavy atom. The largest absolute Gasteiger partial charge is 0.374 e. The smallest absolute Gasteiger partial charge is 0.0750 e. The average molecular weight is 153 g/mol. The third-order valence-corrected chi connectivity index (χ3v) is 2.36. The van der Waals surface area contributed by atoms with Crippen LogP contribution in [0.4, 0.5) is 0 Å². The van der Waals surface area contributed by atoms with E-state index in [1.807, 2.05) is 0 Å². The molecular formula is C9H15NO. The van der Waals surface area contributed by atoms with Gasteiger partial charge < -0.3 is 4.74 Å². The minimum atomic E-state index is 0.143. The summed E-state index contributed by atoms with van der Waals surface area (Å²) in [4.78, 5) is 0. The molecule has 2 heteroatoms. The van der Waals surface area contributed by atoms with Gasteiger partial charge in [-0.2, -0.15) is 5.26 Å². The van der Waals surface area contributed by atoms with Gasteiger partial charge in [0, 0.05) is 0 Å². The Morgan fingerprint density at radius 2 is 2.18 bits per heavy atom. The van der Waals surface area contributed by atoms with Crippen molar-refractivity contribution in [1.29, 1.82) is 5.26 Å². The van der Waals surface area contributed by atoms with Gasteiger partial charge in [-0.3, -0.25) is 0 Å². The van der Waals surface area contributed by atoms with Gasteiger partial charge in [-0.05, 0) is 19.3 Å². The summed E-state index contributed by atoms with van der Waals surface area (Å²) in [5.74, 6) is 0.143. The molecule has 1 rings (SSSR count). The summed E-state index contributed by atoms with van der Waals surface area (Å²) in [5, 5.41) is 8.75. The third kappa shape index (κ3) is 1.72. The lowest BCUT2D eigenvalue weighted by Crippen LogP contribution is -2.13. The lowest BCUT2D eigenvalue weighted by atomic mass is 9.99. The van der Waals surface area contributed by atoms with Crippen molar-refractivity contribution in [3.05, 3.63) is 0 Å². The van der Waals surface area contributed by atoms with Crippen LogP contribution in [0.3, 0.4) is 0 Å². The van der Waals surface area contributed by atoms with Crippen molar-refractivity contribution in [2.24, 2.45) is 5.92 Å². The maximum absolute atomic E-state index is 8.75. The SMILES string of the molecule is CC[C@H]1C[C@H](C#N)[C@@H](CC)O1. The van der Waals surface area contributed by atoms with Crippen LogP contribution in [0.1, 0.15) is 33.1 Å². The summed E-state index contributed by atoms with van der Waals surface area (Å²) < 4.78 is 5.64. The second-order valence-corrected chi connectivity index (χ2v) is 3.08. The molecule has 1 aliphatic heterocycles. The van der Waals surface area contributed by atoms with Crippen molar-refractivity contribution < 1.29 is 4.74 Å². The van der Waals surface area contributed by atoms with E-state index in [9.17, 15) is 0 Å². The van der Waals surface area contributed by atoms with Gasteiger partial charge in [0.1, 0.15) is 0 Å². The van der Waals surface area contributed by atoms with Gasteiger partial charge in [0.25, 0.3) is 0 Å². The molecule has 0 aromatic carbocycles. The summed E-state index contributed by atoms with van der Waals surface area (Å²) in [6.07, 6.45) is 3.48. The van der Waals surface area contributed by atoms with E-state index in [4.69, 9.17) is 10.00 Å². The Kier molecular flexibility index (Phi) is 2.90. The standard InChI is InChI=1S/C9H15NO/c1-3-8-5-7(6-10)9(4-2)11-8/h7-9H,3-5H2,1-2H3/t7-,8+,9-/m1/s1. The van der Waals surface area contributed by atoms with E-state index in [-0.39, 0.29) is 12.0 Å². The number of rotatable bonds is 2. The minimum Gasteiger partial charge on any atom is -0.374 e. The highest BCUT2D eigenvalue weighted by atomic mass is 16.5. The average Bonchev–Trinajstić information content (AvgIpc) is 2.46. The topological polar surface area (TPSA) is 33.0 Å². The van der Waals surface area contributed by atoms with Crippen LogP contribution in [0.15, 0.2) is 0 Å². The molecule has 0 aromatic rings. The molecule has 0 saturated carbocycles. The van der Waals surface area contributed by atoms with E-state index in [1.165, 1.54) is 0 Å². The maximum Gasteiger partial charge on any atom is 0.0750 e. The summed E-state index contributed by atoms with van der Waals surface area (Å²) in [7, 11) is 0. The van der Waals surface area contributed by atoms with E-state index in [2.05, 4.69) is 19.9 Å². The third-order valence-electron chi connectivity index (χ3n) is 2.36. The summed E-state index contributed by atoms with van der Waals surface area (Å²) >= 11 is 0. The highest BCUT2D eigenvalue weighted by Crippen LogP contribution is 2.29. The number of hydrogen-bond donors (Lipinski definition) is 0. The first-order valence-corrected chi connectivity index (χ1v) is 4.36. The zero-order chi connectivity index (χ0) is 8.27. The molecule has 0 unspecified atom stereocenters. The Balaban J connectivity index is 2.49. The summed E-state index contributed by atoms with van der Waals surface area (Å²) in [6, 6.07) is 2.30. The Labute approximate surface area is 68.2 Å². The van der Waals surface area contributed by atoms with Gasteiger partial charge in [0.15, 0.2) is 0 Å². The van der Waals surface area contributed by atoms with Crippen LogP contribution in [0.2, 0.25) is 0 Å². The summed E-state index contributed by atoms with van der Waals surface area (Å²) in [6.45, 7) is 4.18. The monoisotopic (exact) mass is 153 g/mol. The Bertz CT molecular complexity index is 161. The molecule has 1 saturated heterocycles. The molecule has 11 heavy (non-hydrogen) atoms. The molecule has 0 N–H and O–H groups in total. The van der Waals surface area contributed by atoms with E-state index < -0.39 is 0 Å². The molecule has 1 heterocycles. The van der Waals surface area contributed by atoms with Crippen molar-refractivity contribution in [1.82, 2.24) is 0 Å². The van der Waals surface area contributed by atoms with Crippen LogP contribution < -0.4 is 0 Å².